The molecule has 3 aromatic carbocycles. The predicted octanol–water partition coefficient (Wildman–Crippen LogP) is 4.75. The molecule has 36 heavy (non-hydrogen) atoms. The summed E-state index contributed by atoms with van der Waals surface area (Å²) in [6.07, 6.45) is -6.11. The van der Waals surface area contributed by atoms with Crippen LogP contribution in [0.5, 0.6) is 0 Å². The summed E-state index contributed by atoms with van der Waals surface area (Å²) in [7, 11) is 0. The Kier molecular flexibility index (Phi) is 8.45. The molecule has 0 bridgehead atoms. The number of carbonyl (C=O) groups excluding carboxylic acids is 3. The second-order valence-corrected chi connectivity index (χ2v) is 8.81. The molecule has 1 aliphatic rings. The van der Waals surface area contributed by atoms with Gasteiger partial charge in [-0.2, -0.15) is 0 Å². The topological polar surface area (TPSA) is 88.1 Å². The molecule has 0 saturated carbocycles. The highest BCUT2D eigenvalue weighted by molar-refractivity contribution is 9.09. The van der Waals surface area contributed by atoms with Crippen LogP contribution in [-0.2, 0) is 18.9 Å². The molecule has 1 saturated heterocycles. The molecule has 1 unspecified atom stereocenters. The van der Waals surface area contributed by atoms with Gasteiger partial charge in [0.1, 0.15) is 12.7 Å². The van der Waals surface area contributed by atoms with Crippen LogP contribution < -0.4 is 0 Å². The van der Waals surface area contributed by atoms with Crippen LogP contribution in [0.1, 0.15) is 31.1 Å². The average molecular weight is 557 g/mol. The van der Waals surface area contributed by atoms with E-state index in [9.17, 15) is 14.4 Å². The number of alkyl halides is 2. The molecule has 0 radical (unpaired) electrons. The van der Waals surface area contributed by atoms with Gasteiger partial charge in [0.25, 0.3) is 0 Å². The molecule has 4 rings (SSSR count). The third kappa shape index (κ3) is 6.16. The number of benzene rings is 3. The average Bonchev–Trinajstić information content (AvgIpc) is 2.92. The molecule has 5 atom stereocenters. The summed E-state index contributed by atoms with van der Waals surface area (Å²) in [6.45, 7) is -0.449. The number of hydrogen-bond donors (Lipinski definition) is 0. The van der Waals surface area contributed by atoms with Crippen LogP contribution in [0.4, 0.5) is 4.39 Å². The van der Waals surface area contributed by atoms with Gasteiger partial charge >= 0.3 is 17.9 Å². The van der Waals surface area contributed by atoms with Gasteiger partial charge < -0.3 is 18.9 Å². The van der Waals surface area contributed by atoms with Crippen LogP contribution in [0, 0.1) is 0 Å². The maximum Gasteiger partial charge on any atom is 0.338 e. The van der Waals surface area contributed by atoms with Gasteiger partial charge in [-0.3, -0.25) is 0 Å². The monoisotopic (exact) mass is 556 g/mol. The van der Waals surface area contributed by atoms with Crippen molar-refractivity contribution in [2.45, 2.75) is 29.5 Å². The van der Waals surface area contributed by atoms with E-state index in [0.29, 0.717) is 5.56 Å². The van der Waals surface area contributed by atoms with E-state index in [1.807, 2.05) is 0 Å². The van der Waals surface area contributed by atoms with Gasteiger partial charge in [-0.1, -0.05) is 70.5 Å². The molecule has 1 aliphatic heterocycles. The number of halogens is 2. The van der Waals surface area contributed by atoms with E-state index in [1.165, 1.54) is 12.1 Å². The van der Waals surface area contributed by atoms with Crippen LogP contribution in [0.2, 0.25) is 0 Å². The zero-order valence-electron chi connectivity index (χ0n) is 18.9. The van der Waals surface area contributed by atoms with Gasteiger partial charge in [0, 0.05) is 0 Å². The van der Waals surface area contributed by atoms with Crippen molar-refractivity contribution in [3.8, 4) is 0 Å². The minimum Gasteiger partial charge on any atom is -0.459 e. The molecule has 0 N–H and O–H groups in total. The van der Waals surface area contributed by atoms with Crippen molar-refractivity contribution in [2.24, 2.45) is 0 Å². The molecule has 1 heterocycles. The third-order valence-corrected chi connectivity index (χ3v) is 6.19. The summed E-state index contributed by atoms with van der Waals surface area (Å²) in [5.74, 6) is -2.20. The Hall–Kier alpha value is -3.56. The van der Waals surface area contributed by atoms with E-state index in [0.717, 1.165) is 0 Å². The molecule has 7 nitrogen and oxygen atoms in total. The minimum atomic E-state index is -1.97. The maximum atomic E-state index is 15.7. The quantitative estimate of drug-likeness (QED) is 0.235. The number of rotatable bonds is 7. The smallest absolute Gasteiger partial charge is 0.338 e. The minimum absolute atomic E-state index is 0.197. The normalized spacial score (nSPS) is 23.3. The first-order chi connectivity index (χ1) is 17.4. The standard InChI is InChI=1S/C27H22BrFO7/c28-24-23(36-27(32)19-14-8-3-9-15-19)22(35-26(31)18-12-6-2-7-13-18)21(29)20(34-24)16-33-25(30)17-10-4-1-5-11-17/h1-15,20-24H,16H2/t20-,21-,22+,23-,24?/m1/s1. The number of esters is 3. The summed E-state index contributed by atoms with van der Waals surface area (Å²) < 4.78 is 37.6. The highest BCUT2D eigenvalue weighted by Crippen LogP contribution is 2.32. The first kappa shape index (κ1) is 25.5. The van der Waals surface area contributed by atoms with Gasteiger partial charge in [0.15, 0.2) is 23.4 Å². The molecule has 0 spiro atoms. The largest absolute Gasteiger partial charge is 0.459 e. The number of hydrogen-bond acceptors (Lipinski definition) is 7. The summed E-state index contributed by atoms with van der Waals surface area (Å²) in [5, 5.41) is -1.05. The molecule has 186 valence electrons. The van der Waals surface area contributed by atoms with E-state index in [-0.39, 0.29) is 11.1 Å². The van der Waals surface area contributed by atoms with Crippen molar-refractivity contribution in [3.05, 3.63) is 108 Å². The van der Waals surface area contributed by atoms with Crippen molar-refractivity contribution in [2.75, 3.05) is 6.61 Å². The lowest BCUT2D eigenvalue weighted by Crippen LogP contribution is -2.58. The molecule has 1 fully saturated rings. The summed E-state index contributed by atoms with van der Waals surface area (Å²) in [5.41, 5.74) is 0.725. The third-order valence-electron chi connectivity index (χ3n) is 5.45. The van der Waals surface area contributed by atoms with Gasteiger partial charge in [-0.15, -0.1) is 0 Å². The van der Waals surface area contributed by atoms with Crippen LogP contribution in [0.15, 0.2) is 91.0 Å². The summed E-state index contributed by atoms with van der Waals surface area (Å²) >= 11 is 3.26. The first-order valence-electron chi connectivity index (χ1n) is 11.1. The Morgan fingerprint density at radius 2 is 1.11 bits per heavy atom. The fourth-order valence-corrected chi connectivity index (χ4v) is 4.28. The van der Waals surface area contributed by atoms with Crippen molar-refractivity contribution in [1.82, 2.24) is 0 Å². The lowest BCUT2D eigenvalue weighted by atomic mass is 10.0. The van der Waals surface area contributed by atoms with Gasteiger partial charge in [-0.05, 0) is 36.4 Å². The zero-order chi connectivity index (χ0) is 25.5. The Balaban J connectivity index is 1.52. The van der Waals surface area contributed by atoms with Gasteiger partial charge in [0.05, 0.1) is 16.7 Å². The second kappa shape index (κ2) is 11.9. The predicted molar refractivity (Wildman–Crippen MR) is 130 cm³/mol. The van der Waals surface area contributed by atoms with Crippen molar-refractivity contribution in [3.63, 3.8) is 0 Å². The van der Waals surface area contributed by atoms with Crippen LogP contribution >= 0.6 is 15.9 Å². The Morgan fingerprint density at radius 1 is 0.694 bits per heavy atom. The highest BCUT2D eigenvalue weighted by Gasteiger charge is 2.50. The van der Waals surface area contributed by atoms with Crippen molar-refractivity contribution in [1.29, 1.82) is 0 Å². The van der Waals surface area contributed by atoms with Crippen LogP contribution in [-0.4, -0.2) is 54.0 Å². The molecular formula is C27H22BrFO7. The van der Waals surface area contributed by atoms with Crippen LogP contribution in [0.25, 0.3) is 0 Å². The molecular weight excluding hydrogens is 535 g/mol. The SMILES string of the molecule is O=C(OC[C@H]1OC(Br)[C@H](OC(=O)c2ccccc2)[C@@H](OC(=O)c2ccccc2)[C@@H]1F)c1ccccc1. The fourth-order valence-electron chi connectivity index (χ4n) is 3.59. The molecule has 0 aromatic heterocycles. The summed E-state index contributed by atoms with van der Waals surface area (Å²) in [4.78, 5) is 37.8. The van der Waals surface area contributed by atoms with Crippen molar-refractivity contribution < 1.29 is 37.7 Å². The summed E-state index contributed by atoms with van der Waals surface area (Å²) in [6, 6.07) is 24.4. The van der Waals surface area contributed by atoms with E-state index in [2.05, 4.69) is 15.9 Å². The Morgan fingerprint density at radius 3 is 1.58 bits per heavy atom. The van der Waals surface area contributed by atoms with Gasteiger partial charge in [0.2, 0.25) is 0 Å². The Bertz CT molecular complexity index is 1180. The lowest BCUT2D eigenvalue weighted by Gasteiger charge is -2.40. The molecule has 3 aromatic rings. The van der Waals surface area contributed by atoms with E-state index in [1.54, 1.807) is 78.9 Å². The Labute approximate surface area is 215 Å². The van der Waals surface area contributed by atoms with E-state index < -0.39 is 54.0 Å². The fraction of sp³-hybridized carbons (Fsp3) is 0.222. The maximum absolute atomic E-state index is 15.7. The van der Waals surface area contributed by atoms with E-state index in [4.69, 9.17) is 18.9 Å². The molecule has 9 heteroatoms. The van der Waals surface area contributed by atoms with E-state index >= 15 is 4.39 Å². The first-order valence-corrected chi connectivity index (χ1v) is 12.0. The highest BCUT2D eigenvalue weighted by atomic mass is 79.9. The van der Waals surface area contributed by atoms with Crippen LogP contribution in [0.3, 0.4) is 0 Å². The lowest BCUT2D eigenvalue weighted by molar-refractivity contribution is -0.185. The van der Waals surface area contributed by atoms with Crippen molar-refractivity contribution >= 4 is 33.8 Å². The molecule has 0 aliphatic carbocycles. The second-order valence-electron chi connectivity index (χ2n) is 7.91. The number of ether oxygens (including phenoxy) is 4. The molecule has 0 amide bonds. The number of carbonyl (C=O) groups is 3. The van der Waals surface area contributed by atoms with Gasteiger partial charge in [-0.25, -0.2) is 18.8 Å². The zero-order valence-corrected chi connectivity index (χ0v) is 20.5.